The number of rotatable bonds is 9. The van der Waals surface area contributed by atoms with E-state index in [1.54, 1.807) is 31.3 Å². The van der Waals surface area contributed by atoms with Crippen molar-refractivity contribution in [2.75, 3.05) is 20.8 Å². The summed E-state index contributed by atoms with van der Waals surface area (Å²) in [5.74, 6) is -0.404. The number of allylic oxidation sites excluding steroid dienone is 1. The van der Waals surface area contributed by atoms with Crippen molar-refractivity contribution in [3.63, 3.8) is 0 Å². The number of ether oxygens (including phenoxy) is 3. The maximum Gasteiger partial charge on any atom is 0.337 e. The van der Waals surface area contributed by atoms with Crippen molar-refractivity contribution in [1.82, 2.24) is 20.6 Å². The summed E-state index contributed by atoms with van der Waals surface area (Å²) in [5.41, 5.74) is 5.69. The zero-order chi connectivity index (χ0) is 28.1. The van der Waals surface area contributed by atoms with Crippen molar-refractivity contribution >= 4 is 35.0 Å². The molecule has 0 unspecified atom stereocenters. The summed E-state index contributed by atoms with van der Waals surface area (Å²) < 4.78 is 18.1. The fourth-order valence-electron chi connectivity index (χ4n) is 4.42. The molecule has 11 heteroatoms. The van der Waals surface area contributed by atoms with Gasteiger partial charge in [0.1, 0.15) is 0 Å². The summed E-state index contributed by atoms with van der Waals surface area (Å²) in [4.78, 5) is 36.8. The van der Waals surface area contributed by atoms with E-state index in [4.69, 9.17) is 14.2 Å². The highest BCUT2D eigenvalue weighted by atomic mass is 16.5. The van der Waals surface area contributed by atoms with Gasteiger partial charge in [-0.25, -0.2) is 15.0 Å². The zero-order valence-corrected chi connectivity index (χ0v) is 22.4. The van der Waals surface area contributed by atoms with E-state index in [-0.39, 0.29) is 18.2 Å². The van der Waals surface area contributed by atoms with Crippen LogP contribution in [-0.4, -0.2) is 49.5 Å². The molecule has 3 aromatic rings. The number of hydrogen-bond donors (Lipinski definition) is 3. The number of para-hydroxylation sites is 1. The minimum absolute atomic E-state index is 0.265. The lowest BCUT2D eigenvalue weighted by Gasteiger charge is -2.28. The average Bonchev–Trinajstić information content (AvgIpc) is 3.30. The quantitative estimate of drug-likeness (QED) is 0.219. The second kappa shape index (κ2) is 11.7. The van der Waals surface area contributed by atoms with Gasteiger partial charge in [-0.05, 0) is 44.5 Å². The molecular weight excluding hydrogens is 502 g/mol. The predicted molar refractivity (Wildman–Crippen MR) is 146 cm³/mol. The lowest BCUT2D eigenvalue weighted by molar-refractivity contribution is -0.136. The largest absolute Gasteiger partial charge is 0.493 e. The third-order valence-corrected chi connectivity index (χ3v) is 6.27. The molecule has 4 rings (SSSR count). The topological polar surface area (TPSA) is 132 Å². The number of hydrazone groups is 1. The Kier molecular flexibility index (Phi) is 8.18. The van der Waals surface area contributed by atoms with Gasteiger partial charge < -0.3 is 29.4 Å². The van der Waals surface area contributed by atoms with Crippen LogP contribution < -0.4 is 25.5 Å². The van der Waals surface area contributed by atoms with Gasteiger partial charge in [0.25, 0.3) is 5.91 Å². The van der Waals surface area contributed by atoms with Crippen LogP contribution in [0.15, 0.2) is 65.0 Å². The van der Waals surface area contributed by atoms with Crippen LogP contribution in [0.1, 0.15) is 44.0 Å². The van der Waals surface area contributed by atoms with Crippen molar-refractivity contribution in [1.29, 1.82) is 0 Å². The van der Waals surface area contributed by atoms with Crippen LogP contribution in [0, 0.1) is 0 Å². The number of hydrogen-bond acceptors (Lipinski definition) is 7. The van der Waals surface area contributed by atoms with E-state index < -0.39 is 23.9 Å². The summed E-state index contributed by atoms with van der Waals surface area (Å²) in [6, 6.07) is 12.0. The summed E-state index contributed by atoms with van der Waals surface area (Å²) >= 11 is 0. The van der Waals surface area contributed by atoms with Crippen LogP contribution in [-0.2, 0) is 14.3 Å². The van der Waals surface area contributed by atoms with Gasteiger partial charge in [0, 0.05) is 34.4 Å². The van der Waals surface area contributed by atoms with Crippen molar-refractivity contribution < 1.29 is 28.6 Å². The number of aromatic nitrogens is 1. The van der Waals surface area contributed by atoms with E-state index in [0.717, 1.165) is 16.5 Å². The molecule has 1 aliphatic rings. The van der Waals surface area contributed by atoms with E-state index >= 15 is 0 Å². The first-order valence-electron chi connectivity index (χ1n) is 12.3. The first-order valence-corrected chi connectivity index (χ1v) is 12.3. The molecule has 3 N–H and O–H groups in total. The molecule has 0 saturated heterocycles. The number of amides is 3. The Bertz CT molecular complexity index is 1470. The van der Waals surface area contributed by atoms with Gasteiger partial charge in [-0.3, -0.25) is 4.79 Å². The molecule has 0 saturated carbocycles. The van der Waals surface area contributed by atoms with Crippen molar-refractivity contribution in [2.45, 2.75) is 32.9 Å². The highest BCUT2D eigenvalue weighted by Gasteiger charge is 2.32. The first-order chi connectivity index (χ1) is 18.7. The van der Waals surface area contributed by atoms with Crippen molar-refractivity contribution in [3.05, 3.63) is 71.1 Å². The number of nitrogens with one attached hydrogen (secondary N) is 3. The summed E-state index contributed by atoms with van der Waals surface area (Å²) in [5, 5.41) is 10.4. The number of nitrogens with zero attached hydrogens (tertiary/aromatic N) is 2. The Morgan fingerprint density at radius 3 is 2.64 bits per heavy atom. The Hall–Kier alpha value is -4.80. The molecule has 0 bridgehead atoms. The third-order valence-electron chi connectivity index (χ3n) is 6.27. The average molecular weight is 534 g/mol. The lowest BCUT2D eigenvalue weighted by atomic mass is 9.95. The minimum atomic E-state index is -0.756. The van der Waals surface area contributed by atoms with Gasteiger partial charge in [0.2, 0.25) is 0 Å². The van der Waals surface area contributed by atoms with Crippen LogP contribution >= 0.6 is 0 Å². The Labute approximate surface area is 225 Å². The molecule has 1 aliphatic heterocycles. The molecule has 1 aromatic heterocycles. The lowest BCUT2D eigenvalue weighted by Crippen LogP contribution is -2.45. The standard InChI is InChI=1S/C28H31N5O6/c1-16(2)33-14-19(20-8-6-7-9-21(20)33)13-29-32-24(34)15-39-22-11-10-18(12-23(22)37-4)26-25(27(35)38-5)17(3)30-28(36)31-26/h6-14,16,26H,15H2,1-5H3,(H,32,34)(H2,30,31,36)/b29-13-/t26-/m0/s1. The van der Waals surface area contributed by atoms with Crippen LogP contribution in [0.5, 0.6) is 11.5 Å². The SMILES string of the molecule is COC(=O)C1=C(C)NC(=O)N[C@H]1c1ccc(OCC(=O)N/N=C\c2cn(C(C)C)c3ccccc23)c(OC)c1. The summed E-state index contributed by atoms with van der Waals surface area (Å²) in [6.07, 6.45) is 3.61. The summed E-state index contributed by atoms with van der Waals surface area (Å²) in [6.45, 7) is 5.52. The molecular formula is C28H31N5O6. The van der Waals surface area contributed by atoms with Gasteiger partial charge in [-0.2, -0.15) is 5.10 Å². The third kappa shape index (κ3) is 5.87. The normalized spacial score (nSPS) is 15.3. The van der Waals surface area contributed by atoms with Crippen LogP contribution in [0.3, 0.4) is 0 Å². The number of esters is 1. The Balaban J connectivity index is 1.43. The second-order valence-corrected chi connectivity index (χ2v) is 9.16. The van der Waals surface area contributed by atoms with E-state index in [9.17, 15) is 14.4 Å². The maximum atomic E-state index is 12.4. The molecule has 1 atom stereocenters. The molecule has 11 nitrogen and oxygen atoms in total. The van der Waals surface area contributed by atoms with Crippen molar-refractivity contribution in [3.8, 4) is 11.5 Å². The van der Waals surface area contributed by atoms with Gasteiger partial charge in [-0.1, -0.05) is 24.3 Å². The van der Waals surface area contributed by atoms with E-state index in [2.05, 4.69) is 39.6 Å². The molecule has 0 fully saturated rings. The number of fused-ring (bicyclic) bond motifs is 1. The van der Waals surface area contributed by atoms with Crippen LogP contribution in [0.2, 0.25) is 0 Å². The van der Waals surface area contributed by atoms with E-state index in [1.165, 1.54) is 14.2 Å². The van der Waals surface area contributed by atoms with Crippen molar-refractivity contribution in [2.24, 2.45) is 5.10 Å². The van der Waals surface area contributed by atoms with Crippen LogP contribution in [0.4, 0.5) is 4.79 Å². The van der Waals surface area contributed by atoms with Gasteiger partial charge in [0.05, 0.1) is 32.0 Å². The van der Waals surface area contributed by atoms with Gasteiger partial charge in [-0.15, -0.1) is 0 Å². The minimum Gasteiger partial charge on any atom is -0.493 e. The highest BCUT2D eigenvalue weighted by Crippen LogP contribution is 2.34. The molecule has 0 radical (unpaired) electrons. The maximum absolute atomic E-state index is 12.4. The number of benzene rings is 2. The number of urea groups is 1. The first kappa shape index (κ1) is 27.2. The molecule has 39 heavy (non-hydrogen) atoms. The summed E-state index contributed by atoms with van der Waals surface area (Å²) in [7, 11) is 2.72. The number of methoxy groups -OCH3 is 2. The number of carbonyl (C=O) groups excluding carboxylic acids is 3. The van der Waals surface area contributed by atoms with E-state index in [1.807, 2.05) is 30.5 Å². The Morgan fingerprint density at radius 2 is 1.92 bits per heavy atom. The monoisotopic (exact) mass is 533 g/mol. The molecule has 0 spiro atoms. The molecule has 2 aromatic carbocycles. The number of carbonyl (C=O) groups is 3. The fourth-order valence-corrected chi connectivity index (χ4v) is 4.42. The second-order valence-electron chi connectivity index (χ2n) is 9.16. The van der Waals surface area contributed by atoms with Crippen LogP contribution in [0.25, 0.3) is 10.9 Å². The molecule has 2 heterocycles. The van der Waals surface area contributed by atoms with Gasteiger partial charge >= 0.3 is 12.0 Å². The van der Waals surface area contributed by atoms with E-state index in [0.29, 0.717) is 22.8 Å². The Morgan fingerprint density at radius 1 is 1.15 bits per heavy atom. The zero-order valence-electron chi connectivity index (χ0n) is 22.4. The highest BCUT2D eigenvalue weighted by molar-refractivity contribution is 6.00. The molecule has 204 valence electrons. The molecule has 3 amide bonds. The fraction of sp³-hybridized carbons (Fsp3) is 0.286. The molecule has 0 aliphatic carbocycles. The smallest absolute Gasteiger partial charge is 0.337 e. The van der Waals surface area contributed by atoms with Gasteiger partial charge in [0.15, 0.2) is 18.1 Å². The predicted octanol–water partition coefficient (Wildman–Crippen LogP) is 3.56.